The molecule has 0 aliphatic carbocycles. The molecule has 2 rings (SSSR count). The third-order valence-electron chi connectivity index (χ3n) is 2.91. The number of carbonyl (C=O) groups excluding carboxylic acids is 1. The summed E-state index contributed by atoms with van der Waals surface area (Å²) in [5.74, 6) is -0.0959. The highest BCUT2D eigenvalue weighted by atomic mass is 32.1. The van der Waals surface area contributed by atoms with Crippen molar-refractivity contribution < 1.29 is 9.72 Å². The van der Waals surface area contributed by atoms with E-state index in [9.17, 15) is 14.9 Å². The van der Waals surface area contributed by atoms with Crippen LogP contribution >= 0.6 is 11.3 Å². The van der Waals surface area contributed by atoms with Crippen molar-refractivity contribution in [3.05, 3.63) is 27.1 Å². The molecule has 18 heavy (non-hydrogen) atoms. The van der Waals surface area contributed by atoms with Gasteiger partial charge in [-0.05, 0) is 12.5 Å². The Hall–Kier alpha value is -1.47. The second-order valence-electron chi connectivity index (χ2n) is 4.21. The number of nitrogens with one attached hydrogen (secondary N) is 1. The molecule has 0 aromatic carbocycles. The average molecular weight is 269 g/mol. The molecule has 1 aromatic heterocycles. The van der Waals surface area contributed by atoms with E-state index in [1.807, 2.05) is 11.8 Å². The van der Waals surface area contributed by atoms with Gasteiger partial charge in [0.1, 0.15) is 0 Å². The van der Waals surface area contributed by atoms with E-state index in [4.69, 9.17) is 0 Å². The summed E-state index contributed by atoms with van der Waals surface area (Å²) in [4.78, 5) is 24.7. The van der Waals surface area contributed by atoms with Crippen LogP contribution in [0.25, 0.3) is 0 Å². The first kappa shape index (κ1) is 13.0. The predicted molar refractivity (Wildman–Crippen MR) is 69.0 cm³/mol. The lowest BCUT2D eigenvalue weighted by molar-refractivity contribution is -0.380. The van der Waals surface area contributed by atoms with Gasteiger partial charge in [0.05, 0.1) is 15.8 Å². The number of nitrogens with zero attached hydrogens (tertiary/aromatic N) is 2. The molecular formula is C11H15N3O3S. The van der Waals surface area contributed by atoms with E-state index in [0.29, 0.717) is 11.4 Å². The molecule has 1 aliphatic rings. The molecule has 1 N–H and O–H groups in total. The second-order valence-corrected chi connectivity index (χ2v) is 5.27. The Labute approximate surface area is 109 Å². The third-order valence-corrected chi connectivity index (χ3v) is 3.93. The molecule has 7 heteroatoms. The number of nitro groups is 1. The van der Waals surface area contributed by atoms with E-state index in [0.717, 1.165) is 30.8 Å². The Balaban J connectivity index is 2.13. The minimum absolute atomic E-state index is 0.0153. The number of rotatable bonds is 5. The number of carbonyl (C=O) groups is 1. The summed E-state index contributed by atoms with van der Waals surface area (Å²) in [6.45, 7) is 4.32. The molecule has 0 radical (unpaired) electrons. The molecule has 0 spiro atoms. The summed E-state index contributed by atoms with van der Waals surface area (Å²) in [6, 6.07) is 3.15. The minimum atomic E-state index is -0.462. The molecule has 2 heterocycles. The Morgan fingerprint density at radius 1 is 1.61 bits per heavy atom. The van der Waals surface area contributed by atoms with Gasteiger partial charge in [0, 0.05) is 25.7 Å². The molecule has 1 saturated heterocycles. The van der Waals surface area contributed by atoms with Gasteiger partial charge in [-0.25, -0.2) is 0 Å². The van der Waals surface area contributed by atoms with E-state index >= 15 is 0 Å². The zero-order valence-corrected chi connectivity index (χ0v) is 10.9. The van der Waals surface area contributed by atoms with E-state index < -0.39 is 4.92 Å². The SMILES string of the molecule is CCCN(C(=O)c1ccc([N+](=O)[O-])s1)C1CNC1. The van der Waals surface area contributed by atoms with Gasteiger partial charge in [0.25, 0.3) is 5.91 Å². The molecule has 1 amide bonds. The van der Waals surface area contributed by atoms with Crippen LogP contribution in [0.3, 0.4) is 0 Å². The molecule has 1 aromatic rings. The molecule has 1 aliphatic heterocycles. The molecule has 6 nitrogen and oxygen atoms in total. The molecule has 0 unspecified atom stereocenters. The lowest BCUT2D eigenvalue weighted by Crippen LogP contribution is -2.58. The molecular weight excluding hydrogens is 254 g/mol. The lowest BCUT2D eigenvalue weighted by Gasteiger charge is -2.37. The van der Waals surface area contributed by atoms with Crippen molar-refractivity contribution in [1.82, 2.24) is 10.2 Å². The Bertz CT molecular complexity index is 456. The van der Waals surface area contributed by atoms with Crippen LogP contribution in [-0.4, -0.2) is 41.4 Å². The summed E-state index contributed by atoms with van der Waals surface area (Å²) in [7, 11) is 0. The topological polar surface area (TPSA) is 75.5 Å². The highest BCUT2D eigenvalue weighted by Crippen LogP contribution is 2.26. The van der Waals surface area contributed by atoms with Crippen molar-refractivity contribution in [1.29, 1.82) is 0 Å². The largest absolute Gasteiger partial charge is 0.332 e. The van der Waals surface area contributed by atoms with Crippen LogP contribution in [0.15, 0.2) is 12.1 Å². The van der Waals surface area contributed by atoms with Gasteiger partial charge >= 0.3 is 5.00 Å². The van der Waals surface area contributed by atoms with E-state index in [1.165, 1.54) is 6.07 Å². The molecule has 98 valence electrons. The van der Waals surface area contributed by atoms with Crippen molar-refractivity contribution in [3.63, 3.8) is 0 Å². The summed E-state index contributed by atoms with van der Waals surface area (Å²) in [5, 5.41) is 13.8. The smallest absolute Gasteiger partial charge is 0.324 e. The van der Waals surface area contributed by atoms with Crippen molar-refractivity contribution in [2.75, 3.05) is 19.6 Å². The summed E-state index contributed by atoms with van der Waals surface area (Å²) in [5.41, 5.74) is 0. The van der Waals surface area contributed by atoms with Crippen LogP contribution in [0, 0.1) is 10.1 Å². The highest BCUT2D eigenvalue weighted by Gasteiger charge is 2.29. The van der Waals surface area contributed by atoms with Crippen LogP contribution in [0.5, 0.6) is 0 Å². The fourth-order valence-corrected chi connectivity index (χ4v) is 2.64. The second kappa shape index (κ2) is 5.45. The first-order chi connectivity index (χ1) is 8.63. The number of hydrogen-bond donors (Lipinski definition) is 1. The van der Waals surface area contributed by atoms with Crippen molar-refractivity contribution in [3.8, 4) is 0 Å². The Morgan fingerprint density at radius 2 is 2.33 bits per heavy atom. The van der Waals surface area contributed by atoms with E-state index in [1.54, 1.807) is 6.07 Å². The van der Waals surface area contributed by atoms with Crippen molar-refractivity contribution in [2.24, 2.45) is 0 Å². The summed E-state index contributed by atoms with van der Waals surface area (Å²) >= 11 is 0.945. The normalized spacial score (nSPS) is 15.2. The van der Waals surface area contributed by atoms with Gasteiger partial charge in [0.15, 0.2) is 0 Å². The third kappa shape index (κ3) is 2.51. The van der Waals surface area contributed by atoms with Crippen LogP contribution in [0.2, 0.25) is 0 Å². The van der Waals surface area contributed by atoms with Crippen LogP contribution in [0.4, 0.5) is 5.00 Å². The Morgan fingerprint density at radius 3 is 2.78 bits per heavy atom. The predicted octanol–water partition coefficient (Wildman–Crippen LogP) is 1.48. The molecule has 1 fully saturated rings. The summed E-state index contributed by atoms with van der Waals surface area (Å²) < 4.78 is 0. The van der Waals surface area contributed by atoms with Gasteiger partial charge in [-0.2, -0.15) is 0 Å². The maximum absolute atomic E-state index is 12.3. The van der Waals surface area contributed by atoms with Gasteiger partial charge in [-0.3, -0.25) is 14.9 Å². The van der Waals surface area contributed by atoms with Crippen molar-refractivity contribution in [2.45, 2.75) is 19.4 Å². The fraction of sp³-hybridized carbons (Fsp3) is 0.545. The first-order valence-corrected chi connectivity index (χ1v) is 6.71. The maximum atomic E-state index is 12.3. The molecule has 0 bridgehead atoms. The van der Waals surface area contributed by atoms with Crippen LogP contribution < -0.4 is 5.32 Å². The maximum Gasteiger partial charge on any atom is 0.324 e. The van der Waals surface area contributed by atoms with E-state index in [-0.39, 0.29) is 17.0 Å². The van der Waals surface area contributed by atoms with E-state index in [2.05, 4.69) is 5.32 Å². The zero-order valence-electron chi connectivity index (χ0n) is 10.1. The standard InChI is InChI=1S/C11H15N3O3S/c1-2-5-13(8-6-12-7-8)11(15)9-3-4-10(18-9)14(16)17/h3-4,8,12H,2,5-7H2,1H3. The average Bonchev–Trinajstić information content (AvgIpc) is 2.74. The molecule has 0 atom stereocenters. The number of hydrogen-bond acceptors (Lipinski definition) is 5. The van der Waals surface area contributed by atoms with Gasteiger partial charge in [-0.1, -0.05) is 18.3 Å². The van der Waals surface area contributed by atoms with Gasteiger partial charge < -0.3 is 10.2 Å². The minimum Gasteiger partial charge on any atom is -0.332 e. The quantitative estimate of drug-likeness (QED) is 0.649. The van der Waals surface area contributed by atoms with Crippen LogP contribution in [-0.2, 0) is 0 Å². The molecule has 0 saturated carbocycles. The summed E-state index contributed by atoms with van der Waals surface area (Å²) in [6.07, 6.45) is 0.885. The van der Waals surface area contributed by atoms with Crippen LogP contribution in [0.1, 0.15) is 23.0 Å². The number of thiophene rings is 1. The van der Waals surface area contributed by atoms with Gasteiger partial charge in [0.2, 0.25) is 0 Å². The lowest BCUT2D eigenvalue weighted by atomic mass is 10.1. The first-order valence-electron chi connectivity index (χ1n) is 5.89. The zero-order chi connectivity index (χ0) is 13.1. The highest BCUT2D eigenvalue weighted by molar-refractivity contribution is 7.17. The van der Waals surface area contributed by atoms with Crippen molar-refractivity contribution >= 4 is 22.2 Å². The monoisotopic (exact) mass is 269 g/mol. The number of amides is 1. The van der Waals surface area contributed by atoms with Gasteiger partial charge in [-0.15, -0.1) is 0 Å². The fourth-order valence-electron chi connectivity index (χ4n) is 1.87. The Kier molecular flexibility index (Phi) is 3.93.